The summed E-state index contributed by atoms with van der Waals surface area (Å²) in [5, 5.41) is 8.30. The first-order valence-electron chi connectivity index (χ1n) is 8.17. The Morgan fingerprint density at radius 3 is 2.59 bits per heavy atom. The number of carbonyl (C=O) groups is 2. The first kappa shape index (κ1) is 20.8. The van der Waals surface area contributed by atoms with Gasteiger partial charge in [0.15, 0.2) is 12.3 Å². The molecule has 1 aliphatic heterocycles. The number of sulfonamides is 1. The minimum absolute atomic E-state index is 0.0746. The van der Waals surface area contributed by atoms with Crippen LogP contribution < -0.4 is 10.0 Å². The quantitative estimate of drug-likeness (QED) is 0.693. The number of carbonyl (C=O) groups excluding carboxylic acids is 2. The molecule has 0 saturated heterocycles. The van der Waals surface area contributed by atoms with Gasteiger partial charge in [0.1, 0.15) is 6.54 Å². The minimum Gasteiger partial charge on any atom is -0.454 e. The monoisotopic (exact) mass is 432 g/mol. The maximum atomic E-state index is 12.5. The highest BCUT2D eigenvalue weighted by atomic mass is 32.2. The van der Waals surface area contributed by atoms with Crippen LogP contribution in [-0.4, -0.2) is 43.2 Å². The number of benzene rings is 1. The third-order valence-electron chi connectivity index (χ3n) is 4.15. The van der Waals surface area contributed by atoms with Gasteiger partial charge in [0.2, 0.25) is 10.0 Å². The van der Waals surface area contributed by atoms with Crippen LogP contribution in [0.2, 0.25) is 0 Å². The molecule has 1 aromatic carbocycles. The molecule has 1 aromatic heterocycles. The predicted molar refractivity (Wildman–Crippen MR) is 92.1 cm³/mol. The van der Waals surface area contributed by atoms with Crippen molar-refractivity contribution < 1.29 is 35.9 Å². The molecule has 0 bridgehead atoms. The van der Waals surface area contributed by atoms with Gasteiger partial charge in [-0.05, 0) is 36.2 Å². The summed E-state index contributed by atoms with van der Waals surface area (Å²) in [5.41, 5.74) is -0.0679. The molecule has 0 saturated carbocycles. The molecule has 1 amide bonds. The highest BCUT2D eigenvalue weighted by Crippen LogP contribution is 2.30. The number of alkyl halides is 3. The second-order valence-corrected chi connectivity index (χ2v) is 7.75. The Morgan fingerprint density at radius 2 is 1.97 bits per heavy atom. The van der Waals surface area contributed by atoms with E-state index in [2.05, 4.69) is 5.10 Å². The molecule has 0 spiro atoms. The van der Waals surface area contributed by atoms with Crippen molar-refractivity contribution in [2.45, 2.75) is 24.0 Å². The standard InChI is InChI=1S/C16H15F3N4O5S/c17-16(18,19)13-4-5-22(21-13)8-15(25)28-9-14(24)23-6-3-10-7-11(29(20,26)27)1-2-12(10)23/h1-2,4-5,7H,3,6,8-9H2,(H2,20,26,27). The fourth-order valence-electron chi connectivity index (χ4n) is 2.81. The lowest BCUT2D eigenvalue weighted by molar-refractivity contribution is -0.149. The Morgan fingerprint density at radius 1 is 1.24 bits per heavy atom. The summed E-state index contributed by atoms with van der Waals surface area (Å²) in [6.45, 7) is -0.950. The molecule has 156 valence electrons. The number of fused-ring (bicyclic) bond motifs is 1. The molecular formula is C16H15F3N4O5S. The summed E-state index contributed by atoms with van der Waals surface area (Å²) >= 11 is 0. The highest BCUT2D eigenvalue weighted by Gasteiger charge is 2.33. The molecule has 0 fully saturated rings. The topological polar surface area (TPSA) is 125 Å². The van der Waals surface area contributed by atoms with E-state index < -0.39 is 46.9 Å². The molecule has 2 N–H and O–H groups in total. The van der Waals surface area contributed by atoms with E-state index in [0.717, 1.165) is 16.9 Å². The van der Waals surface area contributed by atoms with Gasteiger partial charge in [-0.1, -0.05) is 0 Å². The number of hydrogen-bond acceptors (Lipinski definition) is 6. The molecule has 0 unspecified atom stereocenters. The molecule has 29 heavy (non-hydrogen) atoms. The minimum atomic E-state index is -4.63. The molecular weight excluding hydrogens is 417 g/mol. The predicted octanol–water partition coefficient (Wildman–Crippen LogP) is 0.682. The SMILES string of the molecule is NS(=O)(=O)c1ccc2c(c1)CCN2C(=O)COC(=O)Cn1ccc(C(F)(F)F)n1. The van der Waals surface area contributed by atoms with Crippen LogP contribution in [0.25, 0.3) is 0 Å². The van der Waals surface area contributed by atoms with E-state index in [9.17, 15) is 31.2 Å². The maximum Gasteiger partial charge on any atom is 0.435 e. The molecule has 2 aromatic rings. The number of ether oxygens (including phenoxy) is 1. The van der Waals surface area contributed by atoms with Crippen molar-refractivity contribution in [1.82, 2.24) is 9.78 Å². The van der Waals surface area contributed by atoms with Crippen LogP contribution in [0, 0.1) is 0 Å². The van der Waals surface area contributed by atoms with Crippen LogP contribution in [0.1, 0.15) is 11.3 Å². The zero-order chi connectivity index (χ0) is 21.4. The van der Waals surface area contributed by atoms with Crippen molar-refractivity contribution in [2.75, 3.05) is 18.1 Å². The maximum absolute atomic E-state index is 12.5. The number of amides is 1. The Balaban J connectivity index is 1.58. The fourth-order valence-corrected chi connectivity index (χ4v) is 3.38. The van der Waals surface area contributed by atoms with Crippen LogP contribution in [0.5, 0.6) is 0 Å². The first-order chi connectivity index (χ1) is 13.4. The van der Waals surface area contributed by atoms with Gasteiger partial charge < -0.3 is 9.64 Å². The summed E-state index contributed by atoms with van der Waals surface area (Å²) in [5.74, 6) is -1.49. The Hall–Kier alpha value is -2.93. The number of hydrogen-bond donors (Lipinski definition) is 1. The van der Waals surface area contributed by atoms with E-state index in [0.29, 0.717) is 17.7 Å². The average Bonchev–Trinajstić information content (AvgIpc) is 3.25. The van der Waals surface area contributed by atoms with Crippen LogP contribution in [0.3, 0.4) is 0 Å². The lowest BCUT2D eigenvalue weighted by atomic mass is 10.2. The normalized spacial score (nSPS) is 14.0. The number of nitrogens with two attached hydrogens (primary N) is 1. The number of anilines is 1. The van der Waals surface area contributed by atoms with Crippen molar-refractivity contribution in [3.05, 3.63) is 41.7 Å². The molecule has 9 nitrogen and oxygen atoms in total. The van der Waals surface area contributed by atoms with Crippen LogP contribution in [-0.2, 0) is 43.5 Å². The van der Waals surface area contributed by atoms with E-state index in [-0.39, 0.29) is 11.4 Å². The van der Waals surface area contributed by atoms with Gasteiger partial charge >= 0.3 is 12.1 Å². The fraction of sp³-hybridized carbons (Fsp3) is 0.312. The number of nitrogens with zero attached hydrogens (tertiary/aromatic N) is 3. The van der Waals surface area contributed by atoms with Crippen LogP contribution in [0.4, 0.5) is 18.9 Å². The van der Waals surface area contributed by atoms with Gasteiger partial charge in [-0.2, -0.15) is 18.3 Å². The van der Waals surface area contributed by atoms with Crippen molar-refractivity contribution in [2.24, 2.45) is 5.14 Å². The lowest BCUT2D eigenvalue weighted by Gasteiger charge is -2.17. The van der Waals surface area contributed by atoms with Crippen LogP contribution >= 0.6 is 0 Å². The molecule has 0 aliphatic carbocycles. The molecule has 3 rings (SSSR count). The number of primary sulfonamides is 1. The van der Waals surface area contributed by atoms with Crippen molar-refractivity contribution in [3.63, 3.8) is 0 Å². The number of halogens is 3. The highest BCUT2D eigenvalue weighted by molar-refractivity contribution is 7.89. The molecule has 1 aliphatic rings. The summed E-state index contributed by atoms with van der Waals surface area (Å²) in [7, 11) is -3.87. The largest absolute Gasteiger partial charge is 0.454 e. The van der Waals surface area contributed by atoms with E-state index in [1.165, 1.54) is 23.1 Å². The average molecular weight is 432 g/mol. The summed E-state index contributed by atoms with van der Waals surface area (Å²) in [6, 6.07) is 4.79. The zero-order valence-electron chi connectivity index (χ0n) is 14.7. The third-order valence-corrected chi connectivity index (χ3v) is 5.07. The van der Waals surface area contributed by atoms with E-state index in [1.807, 2.05) is 0 Å². The van der Waals surface area contributed by atoms with Gasteiger partial charge in [-0.15, -0.1) is 0 Å². The van der Waals surface area contributed by atoms with Crippen LogP contribution in [0.15, 0.2) is 35.4 Å². The second-order valence-electron chi connectivity index (χ2n) is 6.19. The van der Waals surface area contributed by atoms with E-state index in [1.54, 1.807) is 0 Å². The van der Waals surface area contributed by atoms with Gasteiger partial charge in [-0.25, -0.2) is 13.6 Å². The smallest absolute Gasteiger partial charge is 0.435 e. The summed E-state index contributed by atoms with van der Waals surface area (Å²) < 4.78 is 65.9. The number of rotatable bonds is 5. The van der Waals surface area contributed by atoms with Crippen molar-refractivity contribution in [3.8, 4) is 0 Å². The Kier molecular flexibility index (Phi) is 5.36. The second kappa shape index (κ2) is 7.48. The van der Waals surface area contributed by atoms with Crippen molar-refractivity contribution >= 4 is 27.6 Å². The molecule has 0 radical (unpaired) electrons. The zero-order valence-corrected chi connectivity index (χ0v) is 15.5. The Labute approximate surface area is 162 Å². The number of esters is 1. The van der Waals surface area contributed by atoms with Gasteiger partial charge in [0.25, 0.3) is 5.91 Å². The lowest BCUT2D eigenvalue weighted by Crippen LogP contribution is -2.33. The summed E-state index contributed by atoms with van der Waals surface area (Å²) in [6.07, 6.45) is -3.26. The number of aromatic nitrogens is 2. The molecule has 2 heterocycles. The molecule has 0 atom stereocenters. The molecule has 13 heteroatoms. The van der Waals surface area contributed by atoms with Gasteiger partial charge in [-0.3, -0.25) is 14.3 Å². The van der Waals surface area contributed by atoms with Crippen molar-refractivity contribution in [1.29, 1.82) is 0 Å². The van der Waals surface area contributed by atoms with Gasteiger partial charge in [0, 0.05) is 18.4 Å². The third kappa shape index (κ3) is 4.74. The van der Waals surface area contributed by atoms with E-state index in [4.69, 9.17) is 9.88 Å². The van der Waals surface area contributed by atoms with E-state index >= 15 is 0 Å². The first-order valence-corrected chi connectivity index (χ1v) is 9.72. The Bertz CT molecular complexity index is 1060. The summed E-state index contributed by atoms with van der Waals surface area (Å²) in [4.78, 5) is 25.3. The van der Waals surface area contributed by atoms with Gasteiger partial charge in [0.05, 0.1) is 4.90 Å².